The van der Waals surface area contributed by atoms with Gasteiger partial charge in [-0.15, -0.1) is 6.42 Å². The number of aliphatic carboxylic acids is 1. The Morgan fingerprint density at radius 2 is 2.13 bits per heavy atom. The van der Waals surface area contributed by atoms with Crippen LogP contribution in [0.2, 0.25) is 0 Å². The summed E-state index contributed by atoms with van der Waals surface area (Å²) in [5.74, 6) is 2.59. The van der Waals surface area contributed by atoms with Crippen molar-refractivity contribution in [1.82, 2.24) is 4.84 Å². The molecule has 31 heavy (non-hydrogen) atoms. The van der Waals surface area contributed by atoms with Crippen molar-refractivity contribution < 1.29 is 24.5 Å². The molecule has 7 heteroatoms. The summed E-state index contributed by atoms with van der Waals surface area (Å²) in [6, 6.07) is 4.52. The highest BCUT2D eigenvalue weighted by molar-refractivity contribution is 6.15. The van der Waals surface area contributed by atoms with Gasteiger partial charge in [-0.05, 0) is 91.3 Å². The van der Waals surface area contributed by atoms with Gasteiger partial charge in [0.2, 0.25) is 0 Å². The molecule has 2 fully saturated rings. The van der Waals surface area contributed by atoms with Gasteiger partial charge < -0.3 is 14.9 Å². The Morgan fingerprint density at radius 3 is 2.81 bits per heavy atom. The predicted octanol–water partition coefficient (Wildman–Crippen LogP) is 3.40. The molecule has 0 bridgehead atoms. The lowest BCUT2D eigenvalue weighted by Gasteiger charge is -2.52. The van der Waals surface area contributed by atoms with Crippen LogP contribution in [0.5, 0.6) is 5.75 Å². The fraction of sp³-hybridized carbons (Fsp3) is 0.583. The van der Waals surface area contributed by atoms with Crippen LogP contribution in [-0.4, -0.2) is 33.8 Å². The summed E-state index contributed by atoms with van der Waals surface area (Å²) in [6.45, 7) is 2.17. The number of hydrogen-bond acceptors (Lipinski definition) is 5. The number of halogens is 1. The van der Waals surface area contributed by atoms with Gasteiger partial charge in [-0.2, -0.15) is 0 Å². The van der Waals surface area contributed by atoms with Crippen molar-refractivity contribution in [3.8, 4) is 18.1 Å². The normalized spacial score (nSPS) is 34.6. The molecule has 1 aromatic carbocycles. The number of nitrogens with one attached hydrogen (secondary N) is 1. The van der Waals surface area contributed by atoms with Crippen molar-refractivity contribution in [1.29, 1.82) is 0 Å². The van der Waals surface area contributed by atoms with Crippen molar-refractivity contribution in [3.63, 3.8) is 0 Å². The van der Waals surface area contributed by atoms with Crippen LogP contribution in [0.25, 0.3) is 0 Å². The second kappa shape index (κ2) is 8.12. The third-order valence-corrected chi connectivity index (χ3v) is 8.38. The third-order valence-electron chi connectivity index (χ3n) is 8.12. The molecule has 0 aliphatic heterocycles. The highest BCUT2D eigenvalue weighted by Gasteiger charge is 2.61. The van der Waals surface area contributed by atoms with E-state index in [1.165, 1.54) is 11.1 Å². The van der Waals surface area contributed by atoms with Gasteiger partial charge in [0.1, 0.15) is 17.4 Å². The van der Waals surface area contributed by atoms with Crippen LogP contribution in [0.4, 0.5) is 0 Å². The lowest BCUT2D eigenvalue weighted by atomic mass is 9.53. The molecule has 0 amide bonds. The Hall–Kier alpha value is -2.07. The van der Waals surface area contributed by atoms with E-state index >= 15 is 0 Å². The van der Waals surface area contributed by atoms with Gasteiger partial charge in [0, 0.05) is 5.41 Å². The minimum atomic E-state index is -1.21. The molecule has 4 rings (SSSR count). The summed E-state index contributed by atoms with van der Waals surface area (Å²) < 4.78 is 5.37. The number of carboxylic acids is 1. The van der Waals surface area contributed by atoms with E-state index in [4.69, 9.17) is 28.0 Å². The molecule has 0 radical (unpaired) electrons. The smallest absolute Gasteiger partial charge is 0.322 e. The summed E-state index contributed by atoms with van der Waals surface area (Å²) in [5, 5.41) is 20.0. The molecule has 166 valence electrons. The van der Waals surface area contributed by atoms with E-state index in [1.54, 1.807) is 6.07 Å². The van der Waals surface area contributed by atoms with E-state index in [2.05, 4.69) is 17.7 Å². The van der Waals surface area contributed by atoms with Gasteiger partial charge in [-0.1, -0.05) is 18.9 Å². The van der Waals surface area contributed by atoms with E-state index in [0.29, 0.717) is 29.9 Å². The Morgan fingerprint density at radius 1 is 1.35 bits per heavy atom. The summed E-state index contributed by atoms with van der Waals surface area (Å²) in [6.07, 6.45) is 10.8. The minimum absolute atomic E-state index is 0.229. The van der Waals surface area contributed by atoms with Crippen LogP contribution in [0.1, 0.15) is 62.5 Å². The van der Waals surface area contributed by atoms with Crippen LogP contribution >= 0.6 is 11.8 Å². The molecule has 2 saturated carbocycles. The molecule has 3 N–H and O–H groups in total. The van der Waals surface area contributed by atoms with Crippen LogP contribution in [-0.2, 0) is 16.0 Å². The van der Waals surface area contributed by atoms with Gasteiger partial charge in [0.15, 0.2) is 0 Å². The molecule has 1 aromatic rings. The molecule has 3 aliphatic rings. The van der Waals surface area contributed by atoms with E-state index in [-0.39, 0.29) is 11.8 Å². The van der Waals surface area contributed by atoms with Crippen LogP contribution in [0.15, 0.2) is 18.2 Å². The topological polar surface area (TPSA) is 95.9 Å². The minimum Gasteiger partial charge on any atom is -0.480 e. The van der Waals surface area contributed by atoms with E-state index in [9.17, 15) is 14.7 Å². The number of carboxylic acid groups (broad SMARTS) is 1. The lowest BCUT2D eigenvalue weighted by Crippen LogP contribution is -2.50. The van der Waals surface area contributed by atoms with Crippen LogP contribution < -0.4 is 9.57 Å². The number of carbonyl (C=O) groups is 2. The second-order valence-corrected chi connectivity index (χ2v) is 9.67. The van der Waals surface area contributed by atoms with Gasteiger partial charge in [-0.3, -0.25) is 9.59 Å². The highest BCUT2D eigenvalue weighted by atomic mass is 35.5. The maximum atomic E-state index is 12.1. The Kier molecular flexibility index (Phi) is 5.80. The average molecular weight is 446 g/mol. The number of aryl methyl sites for hydroxylation is 1. The molecule has 0 aromatic heterocycles. The number of ether oxygens (including phenoxy) is 1. The molecular formula is C24H28ClNO5. The zero-order valence-corrected chi connectivity index (χ0v) is 18.3. The van der Waals surface area contributed by atoms with E-state index < -0.39 is 23.6 Å². The number of terminal acetylenes is 1. The molecule has 3 unspecified atom stereocenters. The summed E-state index contributed by atoms with van der Waals surface area (Å²) in [4.78, 5) is 25.2. The first-order valence-corrected chi connectivity index (χ1v) is 11.2. The zero-order valence-electron chi connectivity index (χ0n) is 17.6. The largest absolute Gasteiger partial charge is 0.480 e. The van der Waals surface area contributed by atoms with Crippen molar-refractivity contribution in [2.24, 2.45) is 17.3 Å². The SMILES string of the molecule is C#C[C@]1(O)CCC2C3CCc4cc(OC(=O)C[C@H](NCl)C(=O)O)ccc4C3CC[C@@]21C. The predicted molar refractivity (Wildman–Crippen MR) is 116 cm³/mol. The van der Waals surface area contributed by atoms with Gasteiger partial charge >= 0.3 is 11.9 Å². The first-order valence-electron chi connectivity index (χ1n) is 10.8. The van der Waals surface area contributed by atoms with Gasteiger partial charge in [0.25, 0.3) is 0 Å². The Bertz CT molecular complexity index is 942. The van der Waals surface area contributed by atoms with Crippen LogP contribution in [0.3, 0.4) is 0 Å². The number of rotatable bonds is 5. The number of hydrogen-bond donors (Lipinski definition) is 3. The zero-order chi connectivity index (χ0) is 22.4. The quantitative estimate of drug-likeness (QED) is 0.278. The number of benzene rings is 1. The summed E-state index contributed by atoms with van der Waals surface area (Å²) in [7, 11) is 0. The Labute approximate surface area is 187 Å². The van der Waals surface area contributed by atoms with Crippen molar-refractivity contribution >= 4 is 23.7 Å². The van der Waals surface area contributed by atoms with E-state index in [1.807, 2.05) is 12.1 Å². The van der Waals surface area contributed by atoms with Crippen molar-refractivity contribution in [3.05, 3.63) is 29.3 Å². The fourth-order valence-corrected chi connectivity index (χ4v) is 6.56. The lowest BCUT2D eigenvalue weighted by molar-refractivity contribution is -0.144. The monoisotopic (exact) mass is 445 g/mol. The number of fused-ring (bicyclic) bond motifs is 5. The number of aliphatic hydroxyl groups is 1. The first kappa shape index (κ1) is 22.1. The van der Waals surface area contributed by atoms with Crippen molar-refractivity contribution in [2.45, 2.75) is 69.4 Å². The molecule has 3 aliphatic carbocycles. The summed E-state index contributed by atoms with van der Waals surface area (Å²) >= 11 is 5.38. The maximum Gasteiger partial charge on any atom is 0.322 e. The number of esters is 1. The first-order chi connectivity index (χ1) is 14.7. The molecular weight excluding hydrogens is 418 g/mol. The standard InChI is InChI=1S/C24H28ClNO5/c1-3-24(30)11-9-19-18-6-4-14-12-15(31-21(27)13-20(26-25)22(28)29)5-7-16(14)17(18)8-10-23(19,24)2/h1,5,7,12,17-20,26,30H,4,6,8-11,13H2,2H3,(H,28,29)/t17?,18?,19?,20-,23-,24-/m0/s1. The van der Waals surface area contributed by atoms with Crippen LogP contribution in [0, 0.1) is 29.6 Å². The molecule has 0 saturated heterocycles. The molecule has 6 nitrogen and oxygen atoms in total. The highest BCUT2D eigenvalue weighted by Crippen LogP contribution is 2.64. The average Bonchev–Trinajstić information content (AvgIpc) is 3.02. The van der Waals surface area contributed by atoms with Crippen molar-refractivity contribution in [2.75, 3.05) is 0 Å². The summed E-state index contributed by atoms with van der Waals surface area (Å²) in [5.41, 5.74) is 1.23. The van der Waals surface area contributed by atoms with Gasteiger partial charge in [0.05, 0.1) is 6.42 Å². The molecule has 0 heterocycles. The second-order valence-electron chi connectivity index (χ2n) is 9.45. The number of carbonyl (C=O) groups excluding carboxylic acids is 1. The molecule has 0 spiro atoms. The third kappa shape index (κ3) is 3.63. The molecule has 6 atom stereocenters. The van der Waals surface area contributed by atoms with E-state index in [0.717, 1.165) is 32.1 Å². The van der Waals surface area contributed by atoms with Gasteiger partial charge in [-0.25, -0.2) is 4.84 Å². The fourth-order valence-electron chi connectivity index (χ4n) is 6.39. The Balaban J connectivity index is 1.50. The maximum absolute atomic E-state index is 12.1.